The first-order chi connectivity index (χ1) is 36.0. The van der Waals surface area contributed by atoms with E-state index in [0.29, 0.717) is 0 Å². The second-order valence-corrected chi connectivity index (χ2v) is 30.3. The maximum atomic E-state index is 2.67. The lowest BCUT2D eigenvalue weighted by atomic mass is 9.35. The van der Waals surface area contributed by atoms with Gasteiger partial charge in [-0.3, -0.25) is 0 Å². The maximum absolute atomic E-state index is 2.67. The molecule has 0 amide bonds. The van der Waals surface area contributed by atoms with Crippen LogP contribution in [0.5, 0.6) is 0 Å². The first-order valence-corrected chi connectivity index (χ1v) is 29.1. The lowest BCUT2D eigenvalue weighted by Gasteiger charge is -2.49. The number of para-hydroxylation sites is 2. The van der Waals surface area contributed by atoms with Crippen molar-refractivity contribution in [3.8, 4) is 0 Å². The van der Waals surface area contributed by atoms with E-state index in [1.807, 2.05) is 0 Å². The Morgan fingerprint density at radius 3 is 1.05 bits per heavy atom. The molecule has 0 N–H and O–H groups in total. The average molecular weight is 1030 g/mol. The Labute approximate surface area is 465 Å². The molecule has 388 valence electrons. The summed E-state index contributed by atoms with van der Waals surface area (Å²) in [4.78, 5) is 10.6. The Bertz CT molecular complexity index is 3750. The van der Waals surface area contributed by atoms with Crippen molar-refractivity contribution in [2.75, 3.05) is 19.6 Å². The lowest BCUT2D eigenvalue weighted by molar-refractivity contribution is 0.568. The molecule has 0 saturated heterocycles. The van der Waals surface area contributed by atoms with Crippen LogP contribution in [0.15, 0.2) is 133 Å². The van der Waals surface area contributed by atoms with Crippen molar-refractivity contribution >= 4 is 124 Å². The van der Waals surface area contributed by atoms with E-state index >= 15 is 0 Å². The van der Waals surface area contributed by atoms with Gasteiger partial charge in [-0.2, -0.15) is 11.3 Å². The van der Waals surface area contributed by atoms with Gasteiger partial charge in [-0.15, -0.1) is 0 Å². The Morgan fingerprint density at radius 1 is 0.286 bits per heavy atom. The van der Waals surface area contributed by atoms with Crippen LogP contribution < -0.4 is 51.0 Å². The van der Waals surface area contributed by atoms with Gasteiger partial charge in [0.1, 0.15) is 0 Å². The van der Waals surface area contributed by atoms with Crippen LogP contribution in [-0.4, -0.2) is 13.4 Å². The molecule has 4 nitrogen and oxygen atoms in total. The fraction of sp³-hybridized carbons (Fsp3) is 0.343. The van der Waals surface area contributed by atoms with E-state index in [4.69, 9.17) is 0 Å². The average Bonchev–Trinajstić information content (AvgIpc) is 4.04. The van der Waals surface area contributed by atoms with E-state index in [-0.39, 0.29) is 45.9 Å². The molecule has 0 unspecified atom stereocenters. The number of hydrogen-bond acceptors (Lipinski definition) is 5. The largest absolute Gasteiger partial charge is 0.311 e. The lowest BCUT2D eigenvalue weighted by Crippen LogP contribution is -2.61. The van der Waals surface area contributed by atoms with E-state index in [1.165, 1.54) is 133 Å². The van der Waals surface area contributed by atoms with Crippen LogP contribution in [0.25, 0.3) is 0 Å². The molecule has 0 atom stereocenters. The summed E-state index contributed by atoms with van der Waals surface area (Å²) < 4.78 is 2.85. The molecule has 6 heterocycles. The van der Waals surface area contributed by atoms with Crippen LogP contribution in [0.4, 0.5) is 68.2 Å². The van der Waals surface area contributed by atoms with E-state index in [9.17, 15) is 0 Å². The third kappa shape index (κ3) is 7.44. The predicted molar refractivity (Wildman–Crippen MR) is 338 cm³/mol. The Morgan fingerprint density at radius 2 is 0.636 bits per heavy atom. The molecular formula is C70H76B2N4S. The highest BCUT2D eigenvalue weighted by Crippen LogP contribution is 2.59. The quantitative estimate of drug-likeness (QED) is 0.160. The molecule has 5 aliphatic rings. The Hall–Kier alpha value is -6.43. The second kappa shape index (κ2) is 16.1. The van der Waals surface area contributed by atoms with Crippen molar-refractivity contribution in [1.82, 2.24) is 0 Å². The van der Waals surface area contributed by atoms with Crippen LogP contribution >= 0.6 is 11.3 Å². The number of benzene rings is 7. The van der Waals surface area contributed by atoms with E-state index in [1.54, 1.807) is 0 Å². The summed E-state index contributed by atoms with van der Waals surface area (Å²) in [6.07, 6.45) is 0. The van der Waals surface area contributed by atoms with Gasteiger partial charge >= 0.3 is 0 Å². The van der Waals surface area contributed by atoms with Crippen LogP contribution in [0, 0.1) is 0 Å². The molecule has 0 radical (unpaired) electrons. The van der Waals surface area contributed by atoms with Crippen LogP contribution in [0.2, 0.25) is 0 Å². The molecule has 5 aliphatic heterocycles. The zero-order chi connectivity index (χ0) is 54.6. The van der Waals surface area contributed by atoms with Gasteiger partial charge in [0.2, 0.25) is 0 Å². The molecule has 0 fully saturated rings. The molecule has 0 spiro atoms. The predicted octanol–water partition coefficient (Wildman–Crippen LogP) is 16.0. The maximum Gasteiger partial charge on any atom is 0.264 e. The smallest absolute Gasteiger partial charge is 0.264 e. The van der Waals surface area contributed by atoms with Gasteiger partial charge in [0.25, 0.3) is 13.4 Å². The first-order valence-electron chi connectivity index (χ1n) is 28.3. The number of fused-ring (bicyclic) bond motifs is 11. The molecule has 7 aromatic carbocycles. The molecule has 0 aliphatic carbocycles. The van der Waals surface area contributed by atoms with E-state index < -0.39 is 0 Å². The van der Waals surface area contributed by atoms with Gasteiger partial charge in [-0.05, 0) is 161 Å². The summed E-state index contributed by atoms with van der Waals surface area (Å²) in [5.74, 6) is 0. The van der Waals surface area contributed by atoms with Crippen molar-refractivity contribution in [1.29, 1.82) is 0 Å². The summed E-state index contributed by atoms with van der Waals surface area (Å²) in [6, 6.07) is 53.4. The standard InChI is InChI=1S/C70H76B2N4S/c1-65(2,3)41-30-32-51-50(39-41)72-60-54(73(51)47-35-43(67(7,8)9)33-44(36-47)68(10,11)12)25-21-28-57(60)76-53-24-20-19-23-52(53)75-56-27-22-26-55-59(56)71(63-61(75)62(76)64(72)77-63)49-31-29-42(66(4,5)6)40-58(49)74(55)48-37-45(69(13,14)15)34-46(38-48)70(16,17)18/h19-40H,1-18H3. The van der Waals surface area contributed by atoms with Crippen LogP contribution in [0.3, 0.4) is 0 Å². The van der Waals surface area contributed by atoms with Gasteiger partial charge in [0.05, 0.1) is 22.7 Å². The molecule has 0 bridgehead atoms. The van der Waals surface area contributed by atoms with Crippen molar-refractivity contribution in [3.05, 3.63) is 167 Å². The third-order valence-corrected chi connectivity index (χ3v) is 18.9. The van der Waals surface area contributed by atoms with Crippen molar-refractivity contribution < 1.29 is 0 Å². The molecule has 8 aromatic rings. The number of hydrogen-bond donors (Lipinski definition) is 0. The summed E-state index contributed by atoms with van der Waals surface area (Å²) in [5, 5.41) is 0. The monoisotopic (exact) mass is 1030 g/mol. The van der Waals surface area contributed by atoms with Crippen molar-refractivity contribution in [2.24, 2.45) is 0 Å². The molecule has 1 aromatic heterocycles. The highest BCUT2D eigenvalue weighted by molar-refractivity contribution is 7.39. The van der Waals surface area contributed by atoms with Crippen molar-refractivity contribution in [2.45, 2.75) is 157 Å². The number of nitrogens with zero attached hydrogens (tertiary/aromatic N) is 4. The Kier molecular flexibility index (Phi) is 10.5. The first kappa shape index (κ1) is 50.1. The number of anilines is 12. The number of rotatable bonds is 2. The minimum absolute atomic E-state index is 0.0120. The zero-order valence-electron chi connectivity index (χ0n) is 49.1. The molecule has 77 heavy (non-hydrogen) atoms. The second-order valence-electron chi connectivity index (χ2n) is 29.2. The van der Waals surface area contributed by atoms with E-state index in [0.717, 1.165) is 0 Å². The van der Waals surface area contributed by atoms with Crippen molar-refractivity contribution in [3.63, 3.8) is 0 Å². The van der Waals surface area contributed by atoms with Gasteiger partial charge in [0, 0.05) is 55.1 Å². The SMILES string of the molecule is CC(C)(C)c1cc(N2c3ccc(C(C)(C)C)cc3B3c4sc5c6c4N(c4ccccc4N6c4cccc6c4B5c4ccc(C(C)(C)C)cc4N6c4cc(C(C)(C)C)cc(C(C)(C)C)c4)c4cccc2c43)cc(C(C)(C)C)c1. The third-order valence-electron chi connectivity index (χ3n) is 17.6. The minimum atomic E-state index is -0.0493. The molecule has 7 heteroatoms. The minimum Gasteiger partial charge on any atom is -0.311 e. The normalized spacial score (nSPS) is 15.2. The van der Waals surface area contributed by atoms with Crippen LogP contribution in [-0.2, 0) is 32.5 Å². The summed E-state index contributed by atoms with van der Waals surface area (Å²) in [5.41, 5.74) is 28.6. The molecular weight excluding hydrogens is 950 g/mol. The number of thiophene rings is 1. The summed E-state index contributed by atoms with van der Waals surface area (Å²) in [7, 11) is 0. The summed E-state index contributed by atoms with van der Waals surface area (Å²) in [6.45, 7) is 42.5. The Balaban J connectivity index is 1.12. The molecule has 0 saturated carbocycles. The summed E-state index contributed by atoms with van der Waals surface area (Å²) >= 11 is 2.08. The fourth-order valence-electron chi connectivity index (χ4n) is 13.1. The van der Waals surface area contributed by atoms with Gasteiger partial charge in [-0.25, -0.2) is 0 Å². The molecule has 13 rings (SSSR count). The van der Waals surface area contributed by atoms with Gasteiger partial charge < -0.3 is 19.6 Å². The highest BCUT2D eigenvalue weighted by Gasteiger charge is 2.54. The van der Waals surface area contributed by atoms with Gasteiger partial charge in [-0.1, -0.05) is 185 Å². The van der Waals surface area contributed by atoms with Crippen LogP contribution in [0.1, 0.15) is 158 Å². The van der Waals surface area contributed by atoms with Gasteiger partial charge in [0.15, 0.2) is 0 Å². The fourth-order valence-corrected chi connectivity index (χ4v) is 14.6. The van der Waals surface area contributed by atoms with E-state index in [2.05, 4.69) is 289 Å². The topological polar surface area (TPSA) is 13.0 Å². The zero-order valence-corrected chi connectivity index (χ0v) is 49.9. The highest BCUT2D eigenvalue weighted by atomic mass is 32.1.